The number of aromatic nitrogens is 1. The standard InChI is InChI=1S/C11H17N3O2S2/c1-11(2)6-14(3-4-18-11)10-13-7(5-17-10)8(12)9(15)16/h5,8H,3-4,6,12H2,1-2H3,(H,15,16). The molecule has 1 aromatic heterocycles. The monoisotopic (exact) mass is 287 g/mol. The van der Waals surface area contributed by atoms with Crippen molar-refractivity contribution in [3.8, 4) is 0 Å². The normalized spacial score (nSPS) is 20.7. The zero-order chi connectivity index (χ0) is 13.3. The Balaban J connectivity index is 2.12. The van der Waals surface area contributed by atoms with E-state index in [4.69, 9.17) is 10.8 Å². The van der Waals surface area contributed by atoms with Crippen LogP contribution in [0.25, 0.3) is 0 Å². The predicted molar refractivity (Wildman–Crippen MR) is 75.4 cm³/mol. The topological polar surface area (TPSA) is 79.5 Å². The highest BCUT2D eigenvalue weighted by molar-refractivity contribution is 8.00. The number of carboxylic acids is 1. The third kappa shape index (κ3) is 2.96. The molecule has 0 aromatic carbocycles. The van der Waals surface area contributed by atoms with Crippen molar-refractivity contribution in [2.75, 3.05) is 23.7 Å². The molecule has 1 unspecified atom stereocenters. The van der Waals surface area contributed by atoms with Gasteiger partial charge < -0.3 is 15.7 Å². The minimum absolute atomic E-state index is 0.207. The number of nitrogens with two attached hydrogens (primary N) is 1. The Morgan fingerprint density at radius 1 is 1.67 bits per heavy atom. The molecule has 1 aromatic rings. The summed E-state index contributed by atoms with van der Waals surface area (Å²) < 4.78 is 0.207. The molecule has 100 valence electrons. The Morgan fingerprint density at radius 3 is 3.00 bits per heavy atom. The van der Waals surface area contributed by atoms with Gasteiger partial charge in [0.1, 0.15) is 6.04 Å². The van der Waals surface area contributed by atoms with E-state index in [1.165, 1.54) is 11.3 Å². The summed E-state index contributed by atoms with van der Waals surface area (Å²) in [5, 5.41) is 11.5. The molecule has 1 saturated heterocycles. The van der Waals surface area contributed by atoms with Gasteiger partial charge in [-0.15, -0.1) is 11.3 Å². The maximum absolute atomic E-state index is 10.8. The fraction of sp³-hybridized carbons (Fsp3) is 0.636. The molecule has 1 aliphatic rings. The minimum Gasteiger partial charge on any atom is -0.480 e. The fourth-order valence-electron chi connectivity index (χ4n) is 1.87. The van der Waals surface area contributed by atoms with Crippen LogP contribution in [-0.2, 0) is 4.79 Å². The van der Waals surface area contributed by atoms with Crippen LogP contribution in [0.3, 0.4) is 0 Å². The average Bonchev–Trinajstić information content (AvgIpc) is 2.75. The molecule has 0 saturated carbocycles. The van der Waals surface area contributed by atoms with Crippen molar-refractivity contribution in [1.82, 2.24) is 4.98 Å². The third-order valence-corrected chi connectivity index (χ3v) is 5.01. The summed E-state index contributed by atoms with van der Waals surface area (Å²) >= 11 is 3.42. The van der Waals surface area contributed by atoms with Gasteiger partial charge in [0.15, 0.2) is 5.13 Å². The molecule has 0 amide bonds. The number of carboxylic acid groups (broad SMARTS) is 1. The molecular weight excluding hydrogens is 270 g/mol. The van der Waals surface area contributed by atoms with Crippen LogP contribution in [0.15, 0.2) is 5.38 Å². The molecule has 1 atom stereocenters. The fourth-order valence-corrected chi connectivity index (χ4v) is 3.87. The first-order valence-corrected chi connectivity index (χ1v) is 7.58. The maximum Gasteiger partial charge on any atom is 0.326 e. The second-order valence-corrected chi connectivity index (χ2v) is 7.54. The van der Waals surface area contributed by atoms with Crippen molar-refractivity contribution in [2.45, 2.75) is 24.6 Å². The first kappa shape index (κ1) is 13.6. The lowest BCUT2D eigenvalue weighted by Crippen LogP contribution is -2.43. The number of hydrogen-bond donors (Lipinski definition) is 2. The van der Waals surface area contributed by atoms with Gasteiger partial charge >= 0.3 is 5.97 Å². The van der Waals surface area contributed by atoms with Crippen molar-refractivity contribution in [2.24, 2.45) is 5.73 Å². The second kappa shape index (κ2) is 5.07. The van der Waals surface area contributed by atoms with E-state index in [2.05, 4.69) is 23.7 Å². The first-order valence-electron chi connectivity index (χ1n) is 5.72. The van der Waals surface area contributed by atoms with Gasteiger partial charge in [0.05, 0.1) is 5.69 Å². The number of hydrogen-bond acceptors (Lipinski definition) is 6. The van der Waals surface area contributed by atoms with Gasteiger partial charge in [-0.3, -0.25) is 4.79 Å². The Bertz CT molecular complexity index is 447. The molecule has 0 radical (unpaired) electrons. The van der Waals surface area contributed by atoms with E-state index in [0.29, 0.717) is 5.69 Å². The van der Waals surface area contributed by atoms with Gasteiger partial charge in [-0.1, -0.05) is 0 Å². The van der Waals surface area contributed by atoms with Crippen molar-refractivity contribution < 1.29 is 9.90 Å². The van der Waals surface area contributed by atoms with E-state index in [1.807, 2.05) is 11.8 Å². The zero-order valence-electron chi connectivity index (χ0n) is 10.4. The smallest absolute Gasteiger partial charge is 0.326 e. The van der Waals surface area contributed by atoms with E-state index in [1.54, 1.807) is 5.38 Å². The molecule has 3 N–H and O–H groups in total. The molecule has 0 bridgehead atoms. The van der Waals surface area contributed by atoms with Crippen LogP contribution in [0.5, 0.6) is 0 Å². The van der Waals surface area contributed by atoms with Crippen LogP contribution in [-0.4, -0.2) is 39.6 Å². The van der Waals surface area contributed by atoms with E-state index >= 15 is 0 Å². The average molecular weight is 287 g/mol. The molecule has 1 aliphatic heterocycles. The lowest BCUT2D eigenvalue weighted by molar-refractivity contribution is -0.138. The summed E-state index contributed by atoms with van der Waals surface area (Å²) in [7, 11) is 0. The van der Waals surface area contributed by atoms with Crippen molar-refractivity contribution >= 4 is 34.2 Å². The van der Waals surface area contributed by atoms with E-state index in [9.17, 15) is 4.79 Å². The number of thioether (sulfide) groups is 1. The number of anilines is 1. The van der Waals surface area contributed by atoms with Crippen LogP contribution in [0, 0.1) is 0 Å². The summed E-state index contributed by atoms with van der Waals surface area (Å²) in [6.07, 6.45) is 0. The zero-order valence-corrected chi connectivity index (χ0v) is 12.1. The predicted octanol–water partition coefficient (Wildman–Crippen LogP) is 1.56. The van der Waals surface area contributed by atoms with Crippen LogP contribution in [0.1, 0.15) is 25.6 Å². The van der Waals surface area contributed by atoms with Gasteiger partial charge in [0.2, 0.25) is 0 Å². The number of thiazole rings is 1. The van der Waals surface area contributed by atoms with Crippen LogP contribution in [0.2, 0.25) is 0 Å². The van der Waals surface area contributed by atoms with Gasteiger partial charge in [-0.25, -0.2) is 4.98 Å². The van der Waals surface area contributed by atoms with Gasteiger partial charge in [-0.05, 0) is 13.8 Å². The van der Waals surface area contributed by atoms with E-state index in [0.717, 1.165) is 24.0 Å². The van der Waals surface area contributed by atoms with Crippen molar-refractivity contribution in [3.05, 3.63) is 11.1 Å². The summed E-state index contributed by atoms with van der Waals surface area (Å²) in [6.45, 7) is 6.29. The highest BCUT2D eigenvalue weighted by atomic mass is 32.2. The molecule has 5 nitrogen and oxygen atoms in total. The number of carbonyl (C=O) groups is 1. The lowest BCUT2D eigenvalue weighted by Gasteiger charge is -2.37. The molecule has 2 rings (SSSR count). The Kier molecular flexibility index (Phi) is 3.84. The molecular formula is C11H17N3O2S2. The summed E-state index contributed by atoms with van der Waals surface area (Å²) in [4.78, 5) is 17.4. The quantitative estimate of drug-likeness (QED) is 0.878. The van der Waals surface area contributed by atoms with Gasteiger partial charge in [-0.2, -0.15) is 11.8 Å². The van der Waals surface area contributed by atoms with E-state index in [-0.39, 0.29) is 4.75 Å². The van der Waals surface area contributed by atoms with Gasteiger partial charge in [0.25, 0.3) is 0 Å². The van der Waals surface area contributed by atoms with Crippen molar-refractivity contribution in [1.29, 1.82) is 0 Å². The molecule has 7 heteroatoms. The number of nitrogens with zero attached hydrogens (tertiary/aromatic N) is 2. The summed E-state index contributed by atoms with van der Waals surface area (Å²) in [5.74, 6) is 0.0220. The molecule has 0 aliphatic carbocycles. The lowest BCUT2D eigenvalue weighted by atomic mass is 10.2. The van der Waals surface area contributed by atoms with Crippen LogP contribution in [0.4, 0.5) is 5.13 Å². The van der Waals surface area contributed by atoms with Gasteiger partial charge in [0, 0.05) is 29.0 Å². The Labute approximate surface area is 114 Å². The Hall–Kier alpha value is -0.790. The van der Waals surface area contributed by atoms with Crippen molar-refractivity contribution in [3.63, 3.8) is 0 Å². The second-order valence-electron chi connectivity index (χ2n) is 4.90. The molecule has 18 heavy (non-hydrogen) atoms. The largest absolute Gasteiger partial charge is 0.480 e. The molecule has 0 spiro atoms. The van der Waals surface area contributed by atoms with E-state index < -0.39 is 12.0 Å². The number of rotatable bonds is 3. The van der Waals surface area contributed by atoms with Crippen LogP contribution < -0.4 is 10.6 Å². The Morgan fingerprint density at radius 2 is 2.39 bits per heavy atom. The highest BCUT2D eigenvalue weighted by Gasteiger charge is 2.29. The third-order valence-electron chi connectivity index (χ3n) is 2.79. The van der Waals surface area contributed by atoms with Crippen LogP contribution >= 0.6 is 23.1 Å². The SMILES string of the molecule is CC1(C)CN(c2nc(C(N)C(=O)O)cs2)CCS1. The number of aliphatic carboxylic acids is 1. The first-order chi connectivity index (χ1) is 8.39. The minimum atomic E-state index is -1.04. The summed E-state index contributed by atoms with van der Waals surface area (Å²) in [5.41, 5.74) is 6.00. The maximum atomic E-state index is 10.8. The molecule has 1 fully saturated rings. The highest BCUT2D eigenvalue weighted by Crippen LogP contribution is 2.33. The molecule has 2 heterocycles. The summed E-state index contributed by atoms with van der Waals surface area (Å²) in [6, 6.07) is -1.03.